The molecule has 188 valence electrons. The number of halogens is 6. The number of hydrogen-bond acceptors (Lipinski definition) is 5. The molecule has 4 N–H and O–H groups in total. The fraction of sp³-hybridized carbons (Fsp3) is 0.130. The number of nitrogens with one attached hydrogen (secondary N) is 2. The monoisotopic (exact) mass is 645 g/mol. The van der Waals surface area contributed by atoms with Gasteiger partial charge < -0.3 is 16.4 Å². The van der Waals surface area contributed by atoms with Gasteiger partial charge in [-0.3, -0.25) is 9.59 Å². The Morgan fingerprint density at radius 3 is 2.58 bits per heavy atom. The van der Waals surface area contributed by atoms with Crippen LogP contribution in [0.5, 0.6) is 0 Å². The molecule has 0 spiro atoms. The third kappa shape index (κ3) is 6.42. The average molecular weight is 648 g/mol. The van der Waals surface area contributed by atoms with E-state index >= 15 is 0 Å². The van der Waals surface area contributed by atoms with E-state index in [1.165, 1.54) is 18.3 Å². The molecule has 0 saturated carbocycles. The summed E-state index contributed by atoms with van der Waals surface area (Å²) in [6.07, 6.45) is -3.24. The number of aromatic nitrogens is 1. The number of alkyl halides is 3. The van der Waals surface area contributed by atoms with Crippen molar-refractivity contribution in [2.45, 2.75) is 13.1 Å². The SMILES string of the molecule is CCNC(=O)c1cc2cc(Br)ccc2c(Br)c1NC(=O)C(C=C(N)C(F)(F)F)=Nc1ncccc1Cl. The molecule has 1 heterocycles. The molecule has 0 aliphatic heterocycles. The van der Waals surface area contributed by atoms with Crippen LogP contribution in [0.2, 0.25) is 5.02 Å². The number of carbonyl (C=O) groups excluding carboxylic acids is 2. The van der Waals surface area contributed by atoms with Gasteiger partial charge in [-0.05, 0) is 70.0 Å². The highest BCUT2D eigenvalue weighted by Crippen LogP contribution is 2.36. The summed E-state index contributed by atoms with van der Waals surface area (Å²) in [5.74, 6) is -1.78. The number of nitrogens with zero attached hydrogens (tertiary/aromatic N) is 2. The van der Waals surface area contributed by atoms with Crippen molar-refractivity contribution in [3.8, 4) is 0 Å². The summed E-state index contributed by atoms with van der Waals surface area (Å²) in [7, 11) is 0. The number of carbonyl (C=O) groups is 2. The molecular formula is C23H17Br2ClF3N5O2. The molecule has 0 unspecified atom stereocenters. The normalized spacial score (nSPS) is 12.5. The van der Waals surface area contributed by atoms with Crippen molar-refractivity contribution in [1.82, 2.24) is 10.3 Å². The summed E-state index contributed by atoms with van der Waals surface area (Å²) in [6.45, 7) is 2.02. The average Bonchev–Trinajstić information content (AvgIpc) is 2.80. The van der Waals surface area contributed by atoms with Gasteiger partial charge in [-0.15, -0.1) is 0 Å². The molecule has 0 aliphatic carbocycles. The molecular weight excluding hydrogens is 631 g/mol. The van der Waals surface area contributed by atoms with Gasteiger partial charge in [0.1, 0.15) is 11.4 Å². The minimum atomic E-state index is -4.92. The highest BCUT2D eigenvalue weighted by Gasteiger charge is 2.32. The van der Waals surface area contributed by atoms with Gasteiger partial charge in [-0.25, -0.2) is 9.98 Å². The number of nitrogens with two attached hydrogens (primary N) is 1. The molecule has 0 saturated heterocycles. The van der Waals surface area contributed by atoms with Gasteiger partial charge in [-0.1, -0.05) is 33.6 Å². The molecule has 2 amide bonds. The summed E-state index contributed by atoms with van der Waals surface area (Å²) in [5.41, 5.74) is 2.97. The van der Waals surface area contributed by atoms with Crippen molar-refractivity contribution >= 4 is 83.3 Å². The van der Waals surface area contributed by atoms with E-state index in [1.807, 2.05) is 0 Å². The second kappa shape index (κ2) is 11.4. The maximum atomic E-state index is 13.2. The van der Waals surface area contributed by atoms with E-state index in [0.717, 1.165) is 4.47 Å². The van der Waals surface area contributed by atoms with Crippen molar-refractivity contribution in [2.75, 3.05) is 11.9 Å². The number of anilines is 1. The van der Waals surface area contributed by atoms with Crippen LogP contribution in [0.15, 0.2) is 68.3 Å². The van der Waals surface area contributed by atoms with Gasteiger partial charge in [0.15, 0.2) is 5.82 Å². The summed E-state index contributed by atoms with van der Waals surface area (Å²) in [4.78, 5) is 33.8. The zero-order valence-corrected chi connectivity index (χ0v) is 22.3. The van der Waals surface area contributed by atoms with Crippen molar-refractivity contribution in [2.24, 2.45) is 10.7 Å². The van der Waals surface area contributed by atoms with Crippen LogP contribution in [-0.4, -0.2) is 35.2 Å². The van der Waals surface area contributed by atoms with Crippen molar-refractivity contribution < 1.29 is 22.8 Å². The summed E-state index contributed by atoms with van der Waals surface area (Å²) >= 11 is 12.8. The third-order valence-corrected chi connectivity index (χ3v) is 6.29. The van der Waals surface area contributed by atoms with E-state index in [-0.39, 0.29) is 22.1 Å². The Bertz CT molecular complexity index is 1410. The fourth-order valence-electron chi connectivity index (χ4n) is 3.02. The maximum absolute atomic E-state index is 13.2. The van der Waals surface area contributed by atoms with E-state index in [0.29, 0.717) is 27.9 Å². The predicted octanol–water partition coefficient (Wildman–Crippen LogP) is 6.28. The minimum Gasteiger partial charge on any atom is -0.395 e. The molecule has 0 atom stereocenters. The first-order valence-electron chi connectivity index (χ1n) is 10.2. The first-order chi connectivity index (χ1) is 16.9. The van der Waals surface area contributed by atoms with Crippen LogP contribution < -0.4 is 16.4 Å². The summed E-state index contributed by atoms with van der Waals surface area (Å²) in [5, 5.41) is 6.45. The zero-order chi connectivity index (χ0) is 26.6. The van der Waals surface area contributed by atoms with Crippen LogP contribution in [-0.2, 0) is 4.79 Å². The lowest BCUT2D eigenvalue weighted by atomic mass is 10.0. The number of allylic oxidation sites excluding steroid dienone is 1. The Labute approximate surface area is 225 Å². The summed E-state index contributed by atoms with van der Waals surface area (Å²) < 4.78 is 40.6. The van der Waals surface area contributed by atoms with E-state index < -0.39 is 29.4 Å². The van der Waals surface area contributed by atoms with Crippen LogP contribution in [0, 0.1) is 0 Å². The van der Waals surface area contributed by atoms with Gasteiger partial charge >= 0.3 is 6.18 Å². The van der Waals surface area contributed by atoms with Crippen molar-refractivity contribution in [3.63, 3.8) is 0 Å². The Hall–Kier alpha value is -2.96. The van der Waals surface area contributed by atoms with E-state index in [2.05, 4.69) is 52.5 Å². The van der Waals surface area contributed by atoms with E-state index in [9.17, 15) is 22.8 Å². The largest absolute Gasteiger partial charge is 0.430 e. The lowest BCUT2D eigenvalue weighted by Crippen LogP contribution is -2.29. The second-order valence-electron chi connectivity index (χ2n) is 7.20. The zero-order valence-electron chi connectivity index (χ0n) is 18.4. The number of rotatable bonds is 6. The molecule has 13 heteroatoms. The van der Waals surface area contributed by atoms with Gasteiger partial charge in [0.25, 0.3) is 11.8 Å². The van der Waals surface area contributed by atoms with Crippen LogP contribution in [0.3, 0.4) is 0 Å². The molecule has 2 aromatic carbocycles. The maximum Gasteiger partial charge on any atom is 0.430 e. The Morgan fingerprint density at radius 2 is 1.94 bits per heavy atom. The molecule has 1 aromatic heterocycles. The van der Waals surface area contributed by atoms with Crippen LogP contribution in [0.1, 0.15) is 17.3 Å². The highest BCUT2D eigenvalue weighted by atomic mass is 79.9. The first kappa shape index (κ1) is 27.6. The van der Waals surface area contributed by atoms with Crippen molar-refractivity contribution in [1.29, 1.82) is 0 Å². The molecule has 7 nitrogen and oxygen atoms in total. The lowest BCUT2D eigenvalue weighted by molar-refractivity contribution is -0.110. The third-order valence-electron chi connectivity index (χ3n) is 4.68. The minimum absolute atomic E-state index is 0.00209. The molecule has 36 heavy (non-hydrogen) atoms. The molecule has 0 aliphatic rings. The smallest absolute Gasteiger partial charge is 0.395 e. The summed E-state index contributed by atoms with van der Waals surface area (Å²) in [6, 6.07) is 9.72. The number of aliphatic imine (C=N–C) groups is 1. The number of pyridine rings is 1. The molecule has 0 fully saturated rings. The second-order valence-corrected chi connectivity index (χ2v) is 9.31. The molecule has 0 radical (unpaired) electrons. The molecule has 3 rings (SSSR count). The Balaban J connectivity index is 2.17. The Morgan fingerprint density at radius 1 is 1.22 bits per heavy atom. The van der Waals surface area contributed by atoms with Gasteiger partial charge in [0.2, 0.25) is 0 Å². The van der Waals surface area contributed by atoms with E-state index in [1.54, 1.807) is 31.2 Å². The van der Waals surface area contributed by atoms with Crippen LogP contribution >= 0.6 is 43.5 Å². The van der Waals surface area contributed by atoms with Crippen LogP contribution in [0.4, 0.5) is 24.7 Å². The number of hydrogen-bond donors (Lipinski definition) is 3. The topological polar surface area (TPSA) is 109 Å². The standard InChI is InChI=1S/C23H17Br2ClF3N5O2/c1-2-31-21(35)14-9-11-8-12(24)5-6-13(11)18(25)19(14)34-22(36)16(10-17(30)23(27,28)29)33-20-15(26)4-3-7-32-20/h3-10H,2,30H2,1H3,(H,31,35)(H,34,36). The van der Waals surface area contributed by atoms with Crippen LogP contribution in [0.25, 0.3) is 10.8 Å². The van der Waals surface area contributed by atoms with E-state index in [4.69, 9.17) is 17.3 Å². The van der Waals surface area contributed by atoms with Crippen molar-refractivity contribution in [3.05, 3.63) is 73.9 Å². The Kier molecular flexibility index (Phi) is 8.75. The van der Waals surface area contributed by atoms with Gasteiger partial charge in [0.05, 0.1) is 16.3 Å². The molecule has 3 aromatic rings. The quantitative estimate of drug-likeness (QED) is 0.274. The number of fused-ring (bicyclic) bond motifs is 1. The predicted molar refractivity (Wildman–Crippen MR) is 141 cm³/mol. The first-order valence-corrected chi connectivity index (χ1v) is 12.1. The lowest BCUT2D eigenvalue weighted by Gasteiger charge is -2.16. The number of benzene rings is 2. The number of amides is 2. The van der Waals surface area contributed by atoms with Gasteiger partial charge in [0, 0.05) is 21.7 Å². The van der Waals surface area contributed by atoms with Gasteiger partial charge in [-0.2, -0.15) is 13.2 Å². The fourth-order valence-corrected chi connectivity index (χ4v) is 4.24. The molecule has 0 bridgehead atoms. The highest BCUT2D eigenvalue weighted by molar-refractivity contribution is 9.11.